The minimum Gasteiger partial charge on any atom is -0.493 e. The molecule has 0 bridgehead atoms. The highest BCUT2D eigenvalue weighted by molar-refractivity contribution is 6.22. The number of amides is 3. The van der Waals surface area contributed by atoms with Crippen LogP contribution in [0.3, 0.4) is 0 Å². The normalized spacial score (nSPS) is 12.5. The summed E-state index contributed by atoms with van der Waals surface area (Å²) in [5.41, 5.74) is -0.353. The van der Waals surface area contributed by atoms with E-state index in [4.69, 9.17) is 9.47 Å². The molecule has 0 radical (unpaired) electrons. The third-order valence-electron chi connectivity index (χ3n) is 4.22. The Bertz CT molecular complexity index is 990. The van der Waals surface area contributed by atoms with E-state index in [0.29, 0.717) is 11.5 Å². The fourth-order valence-corrected chi connectivity index (χ4v) is 2.82. The number of methoxy groups -OCH3 is 1. The molecule has 2 aromatic carbocycles. The monoisotopic (exact) mass is 399 g/mol. The van der Waals surface area contributed by atoms with Gasteiger partial charge < -0.3 is 14.8 Å². The number of nitro benzene ring substituents is 1. The summed E-state index contributed by atoms with van der Waals surface area (Å²) in [5.74, 6) is -0.891. The topological polar surface area (TPSA) is 128 Å². The molecule has 29 heavy (non-hydrogen) atoms. The SMILES string of the molecule is COc1ccccc1OCCNC(=O)CN1C(=O)c2ccc([N+](=O)[O-])cc2C1=O. The number of carbonyl (C=O) groups excluding carboxylic acids is 3. The lowest BCUT2D eigenvalue weighted by Gasteiger charge is -2.14. The van der Waals surface area contributed by atoms with E-state index in [2.05, 4.69) is 5.32 Å². The van der Waals surface area contributed by atoms with E-state index in [-0.39, 0.29) is 30.0 Å². The molecular weight excluding hydrogens is 382 g/mol. The van der Waals surface area contributed by atoms with Gasteiger partial charge in [-0.25, -0.2) is 0 Å². The van der Waals surface area contributed by atoms with Gasteiger partial charge in [0, 0.05) is 12.1 Å². The Morgan fingerprint density at radius 1 is 1.10 bits per heavy atom. The minimum atomic E-state index is -0.742. The number of nitrogens with zero attached hydrogens (tertiary/aromatic N) is 2. The third-order valence-corrected chi connectivity index (χ3v) is 4.22. The van der Waals surface area contributed by atoms with Gasteiger partial charge in [0.05, 0.1) is 29.7 Å². The largest absolute Gasteiger partial charge is 0.493 e. The number of carbonyl (C=O) groups is 3. The zero-order valence-corrected chi connectivity index (χ0v) is 15.4. The number of imide groups is 1. The Kier molecular flexibility index (Phi) is 5.72. The van der Waals surface area contributed by atoms with Gasteiger partial charge in [0.2, 0.25) is 5.91 Å². The highest BCUT2D eigenvalue weighted by Gasteiger charge is 2.37. The van der Waals surface area contributed by atoms with E-state index in [0.717, 1.165) is 17.0 Å². The molecule has 1 aliphatic heterocycles. The lowest BCUT2D eigenvalue weighted by molar-refractivity contribution is -0.384. The Morgan fingerprint density at radius 3 is 2.48 bits per heavy atom. The van der Waals surface area contributed by atoms with Crippen molar-refractivity contribution in [3.63, 3.8) is 0 Å². The molecule has 2 aromatic rings. The van der Waals surface area contributed by atoms with Crippen molar-refractivity contribution in [1.29, 1.82) is 0 Å². The second-order valence-electron chi connectivity index (χ2n) is 6.03. The summed E-state index contributed by atoms with van der Waals surface area (Å²) in [6.45, 7) is -0.194. The zero-order chi connectivity index (χ0) is 21.0. The van der Waals surface area contributed by atoms with Crippen LogP contribution in [0.2, 0.25) is 0 Å². The number of rotatable bonds is 8. The molecule has 0 fully saturated rings. The molecule has 0 aromatic heterocycles. The number of nitrogens with one attached hydrogen (secondary N) is 1. The van der Waals surface area contributed by atoms with E-state index in [1.807, 2.05) is 0 Å². The van der Waals surface area contributed by atoms with Crippen LogP contribution in [0, 0.1) is 10.1 Å². The van der Waals surface area contributed by atoms with Crippen molar-refractivity contribution >= 4 is 23.4 Å². The van der Waals surface area contributed by atoms with Gasteiger partial charge >= 0.3 is 0 Å². The lowest BCUT2D eigenvalue weighted by atomic mass is 10.1. The summed E-state index contributed by atoms with van der Waals surface area (Å²) in [6, 6.07) is 10.4. The van der Waals surface area contributed by atoms with Crippen molar-refractivity contribution in [3.05, 3.63) is 63.7 Å². The standard InChI is InChI=1S/C19H17N3O7/c1-28-15-4-2-3-5-16(15)29-9-8-20-17(23)11-21-18(24)13-7-6-12(22(26)27)10-14(13)19(21)25/h2-7,10H,8-9,11H2,1H3,(H,20,23). The Morgan fingerprint density at radius 2 is 1.79 bits per heavy atom. The van der Waals surface area contributed by atoms with Crippen molar-refractivity contribution in [2.75, 3.05) is 26.8 Å². The summed E-state index contributed by atoms with van der Waals surface area (Å²) in [7, 11) is 1.51. The first kappa shape index (κ1) is 19.8. The van der Waals surface area contributed by atoms with Gasteiger partial charge in [-0.05, 0) is 18.2 Å². The van der Waals surface area contributed by atoms with E-state index >= 15 is 0 Å². The number of hydrogen-bond acceptors (Lipinski definition) is 7. The molecule has 3 amide bonds. The van der Waals surface area contributed by atoms with Crippen LogP contribution in [0.15, 0.2) is 42.5 Å². The van der Waals surface area contributed by atoms with Crippen molar-refractivity contribution in [1.82, 2.24) is 10.2 Å². The first-order chi connectivity index (χ1) is 13.9. The summed E-state index contributed by atoms with van der Waals surface area (Å²) in [6.07, 6.45) is 0. The molecule has 10 nitrogen and oxygen atoms in total. The van der Waals surface area contributed by atoms with Gasteiger partial charge in [0.15, 0.2) is 11.5 Å². The van der Waals surface area contributed by atoms with E-state index in [9.17, 15) is 24.5 Å². The van der Waals surface area contributed by atoms with Gasteiger partial charge in [0.1, 0.15) is 13.2 Å². The highest BCUT2D eigenvalue weighted by atomic mass is 16.6. The van der Waals surface area contributed by atoms with Crippen molar-refractivity contribution in [2.24, 2.45) is 0 Å². The summed E-state index contributed by atoms with van der Waals surface area (Å²) >= 11 is 0. The number of non-ortho nitro benzene ring substituents is 1. The number of benzene rings is 2. The molecule has 0 aliphatic carbocycles. The van der Waals surface area contributed by atoms with Gasteiger partial charge in [-0.2, -0.15) is 0 Å². The molecule has 0 spiro atoms. The lowest BCUT2D eigenvalue weighted by Crippen LogP contribution is -2.41. The fourth-order valence-electron chi connectivity index (χ4n) is 2.82. The second-order valence-corrected chi connectivity index (χ2v) is 6.03. The fraction of sp³-hybridized carbons (Fsp3) is 0.211. The average molecular weight is 399 g/mol. The van der Waals surface area contributed by atoms with Crippen LogP contribution in [0.25, 0.3) is 0 Å². The van der Waals surface area contributed by atoms with Crippen LogP contribution in [0.5, 0.6) is 11.5 Å². The van der Waals surface area contributed by atoms with Crippen molar-refractivity contribution in [3.8, 4) is 11.5 Å². The maximum absolute atomic E-state index is 12.4. The maximum Gasteiger partial charge on any atom is 0.270 e. The molecule has 1 aliphatic rings. The highest BCUT2D eigenvalue weighted by Crippen LogP contribution is 2.27. The Labute approximate surface area is 165 Å². The quantitative estimate of drug-likeness (QED) is 0.307. The Hall–Kier alpha value is -3.95. The number of nitro groups is 1. The van der Waals surface area contributed by atoms with Crippen molar-refractivity contribution < 1.29 is 28.8 Å². The minimum absolute atomic E-state index is 0.0351. The number of fused-ring (bicyclic) bond motifs is 1. The van der Waals surface area contributed by atoms with Gasteiger partial charge in [-0.1, -0.05) is 12.1 Å². The smallest absolute Gasteiger partial charge is 0.270 e. The first-order valence-electron chi connectivity index (χ1n) is 8.59. The Balaban J connectivity index is 1.54. The molecular formula is C19H17N3O7. The summed E-state index contributed by atoms with van der Waals surface area (Å²) < 4.78 is 10.7. The van der Waals surface area contributed by atoms with Crippen LogP contribution < -0.4 is 14.8 Å². The number of hydrogen-bond donors (Lipinski definition) is 1. The van der Waals surface area contributed by atoms with Crippen LogP contribution in [0.4, 0.5) is 5.69 Å². The predicted octanol–water partition coefficient (Wildman–Crippen LogP) is 1.39. The average Bonchev–Trinajstić information content (AvgIpc) is 2.95. The second kappa shape index (κ2) is 8.38. The summed E-state index contributed by atoms with van der Waals surface area (Å²) in [5, 5.41) is 13.4. The van der Waals surface area contributed by atoms with Crippen LogP contribution in [0.1, 0.15) is 20.7 Å². The van der Waals surface area contributed by atoms with Gasteiger partial charge in [-0.15, -0.1) is 0 Å². The predicted molar refractivity (Wildman–Crippen MR) is 100.0 cm³/mol. The van der Waals surface area contributed by atoms with Crippen LogP contribution >= 0.6 is 0 Å². The van der Waals surface area contributed by atoms with E-state index < -0.39 is 29.2 Å². The van der Waals surface area contributed by atoms with Crippen molar-refractivity contribution in [2.45, 2.75) is 0 Å². The molecule has 0 saturated carbocycles. The van der Waals surface area contributed by atoms with E-state index in [1.165, 1.54) is 13.2 Å². The molecule has 0 atom stereocenters. The van der Waals surface area contributed by atoms with Crippen LogP contribution in [-0.4, -0.2) is 54.4 Å². The number of para-hydroxylation sites is 2. The molecule has 150 valence electrons. The first-order valence-corrected chi connectivity index (χ1v) is 8.59. The molecule has 3 rings (SSSR count). The molecule has 10 heteroatoms. The molecule has 0 unspecified atom stereocenters. The molecule has 0 saturated heterocycles. The summed E-state index contributed by atoms with van der Waals surface area (Å²) in [4.78, 5) is 47.7. The van der Waals surface area contributed by atoms with Crippen LogP contribution in [-0.2, 0) is 4.79 Å². The number of ether oxygens (including phenoxy) is 2. The zero-order valence-electron chi connectivity index (χ0n) is 15.4. The molecule has 1 N–H and O–H groups in total. The van der Waals surface area contributed by atoms with Gasteiger partial charge in [-0.3, -0.25) is 29.4 Å². The molecule has 1 heterocycles. The van der Waals surface area contributed by atoms with E-state index in [1.54, 1.807) is 24.3 Å². The third kappa shape index (κ3) is 4.15. The maximum atomic E-state index is 12.4. The van der Waals surface area contributed by atoms with Gasteiger partial charge in [0.25, 0.3) is 17.5 Å².